The van der Waals surface area contributed by atoms with Crippen LogP contribution in [0.4, 0.5) is 10.6 Å². The molecule has 1 aliphatic rings. The lowest BCUT2D eigenvalue weighted by atomic mass is 10.0. The summed E-state index contributed by atoms with van der Waals surface area (Å²) in [5.41, 5.74) is 2.23. The topological polar surface area (TPSA) is 212 Å². The summed E-state index contributed by atoms with van der Waals surface area (Å²) in [5.74, 6) is -0.305. The normalized spacial score (nSPS) is 19.3. The first kappa shape index (κ1) is 40.4. The molecule has 0 spiro atoms. The molecule has 2 unspecified atom stereocenters. The Kier molecular flexibility index (Phi) is 14.7. The monoisotopic (exact) mass is 728 g/mol. The minimum absolute atomic E-state index is 0.110. The van der Waals surface area contributed by atoms with E-state index in [1.807, 2.05) is 45.3 Å². The van der Waals surface area contributed by atoms with Crippen molar-refractivity contribution in [3.05, 3.63) is 48.0 Å². The predicted octanol–water partition coefficient (Wildman–Crippen LogP) is 1.00. The maximum atomic E-state index is 13.8. The zero-order chi connectivity index (χ0) is 37.8. The molecule has 3 heterocycles. The first-order chi connectivity index (χ1) is 24.8. The van der Waals surface area contributed by atoms with E-state index >= 15 is 0 Å². The fraction of sp³-hybridized carbons (Fsp3) is 0.600. The van der Waals surface area contributed by atoms with E-state index in [4.69, 9.17) is 18.9 Å². The number of rotatable bonds is 18. The minimum atomic E-state index is -1.28. The van der Waals surface area contributed by atoms with Crippen LogP contribution in [-0.2, 0) is 35.0 Å². The van der Waals surface area contributed by atoms with E-state index in [0.717, 1.165) is 11.1 Å². The standard InChI is InChI=1S/C35H52N8O9/c1-22-9-11-23(12-10-22)18-24(40-26(45)8-7-14-49-16-17-50-15-13-36-34(48)52-35(2,3)4)32(47)41-27-25(19-44)51-33(29(27)46)43-21-39-28-30(42(5)6)37-20-38-31(28)43/h9-12,20-21,24-25,27,29,33,44,46H,7-8,13-19H2,1-6H3,(H,36,48)(H,40,45)(H,41,47)/t24-,25+,27?,29?,33+/m0/s1. The van der Waals surface area contributed by atoms with Gasteiger partial charge in [-0.2, -0.15) is 0 Å². The molecule has 1 aromatic carbocycles. The van der Waals surface area contributed by atoms with E-state index in [2.05, 4.69) is 30.9 Å². The number of hydrogen-bond acceptors (Lipinski definition) is 13. The highest BCUT2D eigenvalue weighted by Crippen LogP contribution is 2.32. The molecule has 1 aliphatic heterocycles. The number of nitrogens with zero attached hydrogens (tertiary/aromatic N) is 5. The summed E-state index contributed by atoms with van der Waals surface area (Å²) >= 11 is 0. The summed E-state index contributed by atoms with van der Waals surface area (Å²) in [6, 6.07) is 5.64. The Morgan fingerprint density at radius 3 is 2.42 bits per heavy atom. The highest BCUT2D eigenvalue weighted by molar-refractivity contribution is 5.88. The van der Waals surface area contributed by atoms with Crippen LogP contribution in [0.2, 0.25) is 0 Å². The zero-order valence-electron chi connectivity index (χ0n) is 30.7. The molecular weight excluding hydrogens is 676 g/mol. The maximum Gasteiger partial charge on any atom is 0.407 e. The van der Waals surface area contributed by atoms with E-state index in [1.54, 1.807) is 30.2 Å². The van der Waals surface area contributed by atoms with E-state index in [0.29, 0.717) is 56.4 Å². The third-order valence-corrected chi connectivity index (χ3v) is 8.09. The number of aryl methyl sites for hydroxylation is 1. The Hall–Kier alpha value is -4.42. The first-order valence-corrected chi connectivity index (χ1v) is 17.3. The molecule has 0 saturated carbocycles. The number of benzene rings is 1. The maximum absolute atomic E-state index is 13.8. The number of aliphatic hydroxyl groups is 2. The number of amides is 3. The summed E-state index contributed by atoms with van der Waals surface area (Å²) in [7, 11) is 3.65. The van der Waals surface area contributed by atoms with Crippen molar-refractivity contribution in [3.8, 4) is 0 Å². The summed E-state index contributed by atoms with van der Waals surface area (Å²) in [6.07, 6.45) is -0.177. The molecule has 52 heavy (non-hydrogen) atoms. The van der Waals surface area contributed by atoms with Crippen LogP contribution in [0, 0.1) is 6.92 Å². The molecule has 0 aliphatic carbocycles. The number of ether oxygens (including phenoxy) is 4. The van der Waals surface area contributed by atoms with Crippen molar-refractivity contribution in [2.45, 2.75) is 83.1 Å². The second kappa shape index (κ2) is 18.9. The van der Waals surface area contributed by atoms with Crippen LogP contribution in [0.1, 0.15) is 51.0 Å². The van der Waals surface area contributed by atoms with Crippen molar-refractivity contribution in [2.75, 3.05) is 58.6 Å². The Balaban J connectivity index is 1.29. The van der Waals surface area contributed by atoms with Gasteiger partial charge in [0.25, 0.3) is 0 Å². The van der Waals surface area contributed by atoms with Gasteiger partial charge in [-0.05, 0) is 39.7 Å². The van der Waals surface area contributed by atoms with Gasteiger partial charge in [0.15, 0.2) is 23.2 Å². The number of fused-ring (bicyclic) bond motifs is 1. The molecule has 17 nitrogen and oxygen atoms in total. The Labute approximate surface area is 303 Å². The third kappa shape index (κ3) is 11.5. The van der Waals surface area contributed by atoms with Gasteiger partial charge < -0.3 is 50.0 Å². The van der Waals surface area contributed by atoms with E-state index in [-0.39, 0.29) is 18.7 Å². The molecule has 3 aromatic rings. The van der Waals surface area contributed by atoms with Gasteiger partial charge in [0, 0.05) is 40.1 Å². The number of imidazole rings is 1. The highest BCUT2D eigenvalue weighted by Gasteiger charge is 2.46. The van der Waals surface area contributed by atoms with Crippen LogP contribution in [0.5, 0.6) is 0 Å². The van der Waals surface area contributed by atoms with Gasteiger partial charge in [-0.3, -0.25) is 14.2 Å². The minimum Gasteiger partial charge on any atom is -0.444 e. The first-order valence-electron chi connectivity index (χ1n) is 17.3. The molecule has 2 aromatic heterocycles. The second-order valence-electron chi connectivity index (χ2n) is 13.8. The molecule has 17 heteroatoms. The van der Waals surface area contributed by atoms with Crippen LogP contribution >= 0.6 is 0 Å². The van der Waals surface area contributed by atoms with Crippen molar-refractivity contribution >= 4 is 34.9 Å². The average molecular weight is 729 g/mol. The number of carbonyl (C=O) groups is 3. The molecule has 0 bridgehead atoms. The molecule has 1 saturated heterocycles. The summed E-state index contributed by atoms with van der Waals surface area (Å²) < 4.78 is 23.8. The Morgan fingerprint density at radius 1 is 1.04 bits per heavy atom. The number of anilines is 1. The number of nitrogens with one attached hydrogen (secondary N) is 3. The van der Waals surface area contributed by atoms with Crippen LogP contribution in [0.25, 0.3) is 11.2 Å². The summed E-state index contributed by atoms with van der Waals surface area (Å²) in [6.45, 7) is 8.36. The molecule has 5 N–H and O–H groups in total. The smallest absolute Gasteiger partial charge is 0.407 e. The lowest BCUT2D eigenvalue weighted by Gasteiger charge is -2.25. The zero-order valence-corrected chi connectivity index (χ0v) is 30.7. The van der Waals surface area contributed by atoms with Gasteiger partial charge >= 0.3 is 6.09 Å². The van der Waals surface area contributed by atoms with Crippen LogP contribution < -0.4 is 20.9 Å². The molecule has 0 radical (unpaired) electrons. The van der Waals surface area contributed by atoms with Crippen LogP contribution in [0.15, 0.2) is 36.9 Å². The highest BCUT2D eigenvalue weighted by atomic mass is 16.6. The van der Waals surface area contributed by atoms with Gasteiger partial charge in [-0.25, -0.2) is 19.7 Å². The number of aliphatic hydroxyl groups excluding tert-OH is 2. The van der Waals surface area contributed by atoms with Gasteiger partial charge in [0.1, 0.15) is 30.2 Å². The summed E-state index contributed by atoms with van der Waals surface area (Å²) in [4.78, 5) is 53.3. The Morgan fingerprint density at radius 2 is 1.75 bits per heavy atom. The van der Waals surface area contributed by atoms with Crippen molar-refractivity contribution in [1.82, 2.24) is 35.5 Å². The van der Waals surface area contributed by atoms with Gasteiger partial charge in [-0.15, -0.1) is 0 Å². The second-order valence-corrected chi connectivity index (χ2v) is 13.8. The quantitative estimate of drug-likeness (QED) is 0.116. The van der Waals surface area contributed by atoms with Crippen molar-refractivity contribution in [1.29, 1.82) is 0 Å². The van der Waals surface area contributed by atoms with Crippen LogP contribution in [0.3, 0.4) is 0 Å². The Bertz CT molecular complexity index is 1610. The van der Waals surface area contributed by atoms with E-state index in [9.17, 15) is 24.6 Å². The number of alkyl carbamates (subject to hydrolysis) is 1. The number of carbonyl (C=O) groups excluding carboxylic acids is 3. The lowest BCUT2D eigenvalue weighted by Crippen LogP contribution is -2.55. The van der Waals surface area contributed by atoms with Crippen molar-refractivity contribution in [3.63, 3.8) is 0 Å². The van der Waals surface area contributed by atoms with Gasteiger partial charge in [0.05, 0.1) is 38.8 Å². The molecule has 286 valence electrons. The van der Waals surface area contributed by atoms with E-state index in [1.165, 1.54) is 12.7 Å². The summed E-state index contributed by atoms with van der Waals surface area (Å²) in [5, 5.41) is 29.9. The number of hydrogen-bond donors (Lipinski definition) is 5. The van der Waals surface area contributed by atoms with Crippen molar-refractivity contribution < 1.29 is 43.5 Å². The molecular formula is C35H52N8O9. The third-order valence-electron chi connectivity index (χ3n) is 8.09. The fourth-order valence-corrected chi connectivity index (χ4v) is 5.56. The molecule has 1 fully saturated rings. The average Bonchev–Trinajstić information content (AvgIpc) is 3.65. The van der Waals surface area contributed by atoms with E-state index < -0.39 is 54.7 Å². The largest absolute Gasteiger partial charge is 0.444 e. The fourth-order valence-electron chi connectivity index (χ4n) is 5.56. The SMILES string of the molecule is Cc1ccc(C[C@H](NC(=O)CCCOCCOCCNC(=O)OC(C)(C)C)C(=O)NC2C(O)[C@H](n3cnc4c(N(C)C)ncnc43)O[C@@H]2CO)cc1. The molecule has 4 rings (SSSR count). The van der Waals surface area contributed by atoms with Gasteiger partial charge in [0.2, 0.25) is 11.8 Å². The van der Waals surface area contributed by atoms with Crippen LogP contribution in [-0.4, -0.2) is 131 Å². The molecule has 3 amide bonds. The lowest BCUT2D eigenvalue weighted by molar-refractivity contribution is -0.130. The number of aromatic nitrogens is 4. The predicted molar refractivity (Wildman–Crippen MR) is 191 cm³/mol. The van der Waals surface area contributed by atoms with Gasteiger partial charge in [-0.1, -0.05) is 29.8 Å². The van der Waals surface area contributed by atoms with Crippen molar-refractivity contribution in [2.24, 2.45) is 0 Å². The molecule has 5 atom stereocenters.